The van der Waals surface area contributed by atoms with Crippen molar-refractivity contribution in [1.82, 2.24) is 14.8 Å². The van der Waals surface area contributed by atoms with Gasteiger partial charge in [-0.15, -0.1) is 0 Å². The van der Waals surface area contributed by atoms with Crippen molar-refractivity contribution in [3.63, 3.8) is 0 Å². The molecule has 8 nitrogen and oxygen atoms in total. The van der Waals surface area contributed by atoms with Gasteiger partial charge in [0.1, 0.15) is 5.75 Å². The molecule has 2 aromatic heterocycles. The minimum atomic E-state index is -1.18. The Labute approximate surface area is 197 Å². The van der Waals surface area contributed by atoms with Crippen molar-refractivity contribution in [2.45, 2.75) is 26.9 Å². The number of methoxy groups -OCH3 is 1. The molecule has 0 aliphatic rings. The predicted molar refractivity (Wildman–Crippen MR) is 129 cm³/mol. The summed E-state index contributed by atoms with van der Waals surface area (Å²) in [5, 5.41) is 7.84. The number of fused-ring (bicyclic) bond motifs is 1. The Morgan fingerprint density at radius 2 is 1.76 bits per heavy atom. The Morgan fingerprint density at radius 1 is 1.03 bits per heavy atom. The number of carbonyl (C=O) groups excluding carboxylic acids is 2. The molecule has 174 valence electrons. The minimum Gasteiger partial charge on any atom is -0.495 e. The average molecular weight is 459 g/mol. The molecule has 0 fully saturated rings. The minimum absolute atomic E-state index is 0.315. The summed E-state index contributed by atoms with van der Waals surface area (Å²) in [7, 11) is 3.30. The van der Waals surface area contributed by atoms with Crippen molar-refractivity contribution in [1.29, 1.82) is 0 Å². The normalized spacial score (nSPS) is 11.8. The fraction of sp³-hybridized carbons (Fsp3) is 0.231. The molecule has 0 aliphatic carbocycles. The third kappa shape index (κ3) is 4.47. The number of hydrogen-bond donors (Lipinski definition) is 1. The number of aromatic nitrogens is 3. The quantitative estimate of drug-likeness (QED) is 0.429. The number of aryl methyl sites for hydroxylation is 4. The third-order valence-corrected chi connectivity index (χ3v) is 5.49. The summed E-state index contributed by atoms with van der Waals surface area (Å²) in [6.45, 7) is 5.52. The van der Waals surface area contributed by atoms with Gasteiger partial charge in [0.25, 0.3) is 5.91 Å². The lowest BCUT2D eigenvalue weighted by molar-refractivity contribution is -0.125. The number of ether oxygens (including phenoxy) is 2. The predicted octanol–water partition coefficient (Wildman–Crippen LogP) is 4.44. The fourth-order valence-corrected chi connectivity index (χ4v) is 3.92. The van der Waals surface area contributed by atoms with Crippen molar-refractivity contribution in [2.75, 3.05) is 12.4 Å². The number of hydrogen-bond acceptors (Lipinski definition) is 6. The van der Waals surface area contributed by atoms with Crippen LogP contribution in [0.25, 0.3) is 11.0 Å². The molecule has 0 aliphatic heterocycles. The highest BCUT2D eigenvalue weighted by Crippen LogP contribution is 2.29. The molecule has 2 aromatic carbocycles. The van der Waals surface area contributed by atoms with Gasteiger partial charge in [0.2, 0.25) is 6.10 Å². The number of anilines is 1. The van der Waals surface area contributed by atoms with Gasteiger partial charge in [-0.3, -0.25) is 9.48 Å². The zero-order chi connectivity index (χ0) is 24.4. The molecule has 0 bridgehead atoms. The van der Waals surface area contributed by atoms with Crippen molar-refractivity contribution < 1.29 is 19.1 Å². The van der Waals surface area contributed by atoms with Gasteiger partial charge < -0.3 is 14.8 Å². The van der Waals surface area contributed by atoms with Crippen LogP contribution in [0, 0.1) is 20.8 Å². The summed E-state index contributed by atoms with van der Waals surface area (Å²) >= 11 is 0. The first-order chi connectivity index (χ1) is 16.3. The van der Waals surface area contributed by atoms with Crippen molar-refractivity contribution in [3.05, 3.63) is 82.7 Å². The number of nitrogens with one attached hydrogen (secondary N) is 1. The summed E-state index contributed by atoms with van der Waals surface area (Å²) in [5.41, 5.74) is 4.19. The molecule has 8 heteroatoms. The highest BCUT2D eigenvalue weighted by molar-refractivity contribution is 6.05. The molecule has 0 radical (unpaired) electrons. The van der Waals surface area contributed by atoms with Crippen LogP contribution in [0.4, 0.5) is 5.69 Å². The van der Waals surface area contributed by atoms with E-state index in [9.17, 15) is 9.59 Å². The monoisotopic (exact) mass is 458 g/mol. The van der Waals surface area contributed by atoms with Crippen molar-refractivity contribution >= 4 is 28.6 Å². The Bertz CT molecular complexity index is 1380. The summed E-state index contributed by atoms with van der Waals surface area (Å²) in [6, 6.07) is 16.0. The number of esters is 1. The molecule has 1 atom stereocenters. The zero-order valence-corrected chi connectivity index (χ0v) is 19.7. The first-order valence-electron chi connectivity index (χ1n) is 10.8. The maximum Gasteiger partial charge on any atom is 0.340 e. The lowest BCUT2D eigenvalue weighted by atomic mass is 10.1. The molecule has 0 spiro atoms. The van der Waals surface area contributed by atoms with Crippen molar-refractivity contribution in [3.8, 4) is 5.75 Å². The maximum absolute atomic E-state index is 13.4. The molecule has 4 rings (SSSR count). The van der Waals surface area contributed by atoms with Gasteiger partial charge in [-0.1, -0.05) is 36.4 Å². The van der Waals surface area contributed by atoms with E-state index in [-0.39, 0.29) is 0 Å². The molecular formula is C26H26N4O4. The lowest BCUT2D eigenvalue weighted by Crippen LogP contribution is -2.26. The molecular weight excluding hydrogens is 432 g/mol. The Hall–Kier alpha value is -4.20. The molecule has 1 N–H and O–H groups in total. The van der Waals surface area contributed by atoms with Crippen LogP contribution < -0.4 is 10.1 Å². The number of benzene rings is 2. The van der Waals surface area contributed by atoms with Gasteiger partial charge >= 0.3 is 5.97 Å². The summed E-state index contributed by atoms with van der Waals surface area (Å²) in [5.74, 6) is -0.616. The second-order valence-corrected chi connectivity index (χ2v) is 8.11. The zero-order valence-electron chi connectivity index (χ0n) is 19.7. The van der Waals surface area contributed by atoms with E-state index in [4.69, 9.17) is 9.47 Å². The SMILES string of the molecule is COc1ccc(C)cc1NC(=O)C(OC(=O)c1cc(C)nc2c1c(C)nn2C)c1ccccc1. The van der Waals surface area contributed by atoms with Gasteiger partial charge in [-0.2, -0.15) is 5.10 Å². The smallest absolute Gasteiger partial charge is 0.340 e. The number of pyridine rings is 1. The molecule has 1 amide bonds. The van der Waals surface area contributed by atoms with Gasteiger partial charge in [-0.25, -0.2) is 9.78 Å². The Balaban J connectivity index is 1.71. The topological polar surface area (TPSA) is 95.3 Å². The van der Waals surface area contributed by atoms with Crippen LogP contribution in [0.5, 0.6) is 5.75 Å². The molecule has 0 saturated heterocycles. The summed E-state index contributed by atoms with van der Waals surface area (Å²) in [4.78, 5) is 31.3. The van der Waals surface area contributed by atoms with E-state index in [1.54, 1.807) is 61.1 Å². The number of carbonyl (C=O) groups is 2. The average Bonchev–Trinajstić information content (AvgIpc) is 3.10. The number of rotatable bonds is 6. The van der Waals surface area contributed by atoms with Crippen LogP contribution in [0.1, 0.15) is 39.0 Å². The van der Waals surface area contributed by atoms with Gasteiger partial charge in [-0.05, 0) is 44.5 Å². The van der Waals surface area contributed by atoms with E-state index >= 15 is 0 Å². The van der Waals surface area contributed by atoms with E-state index in [2.05, 4.69) is 15.4 Å². The molecule has 1 unspecified atom stereocenters. The largest absolute Gasteiger partial charge is 0.495 e. The van der Waals surface area contributed by atoms with Crippen LogP contribution in [0.2, 0.25) is 0 Å². The van der Waals surface area contributed by atoms with E-state index in [1.165, 1.54) is 7.11 Å². The molecule has 34 heavy (non-hydrogen) atoms. The lowest BCUT2D eigenvalue weighted by Gasteiger charge is -2.19. The highest BCUT2D eigenvalue weighted by atomic mass is 16.5. The molecule has 0 saturated carbocycles. The molecule has 2 heterocycles. The highest BCUT2D eigenvalue weighted by Gasteiger charge is 2.28. The summed E-state index contributed by atoms with van der Waals surface area (Å²) in [6.07, 6.45) is -1.18. The second kappa shape index (κ2) is 9.35. The van der Waals surface area contributed by atoms with Crippen LogP contribution in [-0.2, 0) is 16.6 Å². The van der Waals surface area contributed by atoms with Crippen LogP contribution in [0.3, 0.4) is 0 Å². The van der Waals surface area contributed by atoms with E-state index < -0.39 is 18.0 Å². The van der Waals surface area contributed by atoms with Crippen LogP contribution in [0.15, 0.2) is 54.6 Å². The Morgan fingerprint density at radius 3 is 2.47 bits per heavy atom. The third-order valence-electron chi connectivity index (χ3n) is 5.49. The molecule has 4 aromatic rings. The summed E-state index contributed by atoms with van der Waals surface area (Å²) < 4.78 is 12.8. The number of amides is 1. The van der Waals surface area contributed by atoms with E-state index in [0.29, 0.717) is 45.0 Å². The second-order valence-electron chi connectivity index (χ2n) is 8.11. The van der Waals surface area contributed by atoms with Gasteiger partial charge in [0, 0.05) is 18.3 Å². The van der Waals surface area contributed by atoms with Crippen LogP contribution >= 0.6 is 0 Å². The number of nitrogens with zero attached hydrogens (tertiary/aromatic N) is 3. The first-order valence-corrected chi connectivity index (χ1v) is 10.8. The fourth-order valence-electron chi connectivity index (χ4n) is 3.92. The van der Waals surface area contributed by atoms with Gasteiger partial charge in [0.15, 0.2) is 5.65 Å². The van der Waals surface area contributed by atoms with E-state index in [0.717, 1.165) is 5.56 Å². The van der Waals surface area contributed by atoms with Gasteiger partial charge in [0.05, 0.1) is 29.4 Å². The van der Waals surface area contributed by atoms with Crippen molar-refractivity contribution in [2.24, 2.45) is 7.05 Å². The first kappa shape index (κ1) is 23.0. The van der Waals surface area contributed by atoms with E-state index in [1.807, 2.05) is 26.0 Å². The Kier molecular flexibility index (Phi) is 6.32. The van der Waals surface area contributed by atoms with Crippen LogP contribution in [-0.4, -0.2) is 33.8 Å². The maximum atomic E-state index is 13.4. The standard InChI is InChI=1S/C26H26N4O4/c1-15-11-12-21(33-5)20(13-15)28-25(31)23(18-9-7-6-8-10-18)34-26(32)19-14-16(2)27-24-22(19)17(3)29-30(24)4/h6-14,23H,1-5H3,(H,28,31).